The van der Waals surface area contributed by atoms with E-state index in [0.717, 1.165) is 19.3 Å². The normalized spacial score (nSPS) is 18.3. The number of carbonyl (C=O) groups excluding carboxylic acids is 3. The summed E-state index contributed by atoms with van der Waals surface area (Å²) in [5, 5.41) is 2.96. The molecule has 0 radical (unpaired) electrons. The quantitative estimate of drug-likeness (QED) is 0.738. The van der Waals surface area contributed by atoms with Crippen LogP contribution in [-0.4, -0.2) is 37.5 Å². The highest BCUT2D eigenvalue weighted by atomic mass is 16.5. The van der Waals surface area contributed by atoms with E-state index < -0.39 is 5.97 Å². The number of amides is 2. The van der Waals surface area contributed by atoms with Crippen LogP contribution in [0.5, 0.6) is 0 Å². The van der Waals surface area contributed by atoms with Gasteiger partial charge in [-0.05, 0) is 43.0 Å². The van der Waals surface area contributed by atoms with E-state index in [1.807, 2.05) is 30.3 Å². The molecule has 1 aliphatic carbocycles. The van der Waals surface area contributed by atoms with E-state index in [-0.39, 0.29) is 35.6 Å². The molecule has 0 spiro atoms. The van der Waals surface area contributed by atoms with Gasteiger partial charge in [0.05, 0.1) is 11.1 Å². The molecule has 6 heteroatoms. The van der Waals surface area contributed by atoms with Crippen LogP contribution < -0.4 is 10.2 Å². The van der Waals surface area contributed by atoms with Crippen molar-refractivity contribution in [3.8, 4) is 0 Å². The number of nitrogens with one attached hydrogen (secondary N) is 1. The second-order valence-electron chi connectivity index (χ2n) is 7.76. The van der Waals surface area contributed by atoms with Gasteiger partial charge in [0.1, 0.15) is 0 Å². The molecule has 0 bridgehead atoms. The molecule has 2 atom stereocenters. The molecule has 1 N–H and O–H groups in total. The molecule has 0 saturated heterocycles. The monoisotopic (exact) mass is 408 g/mol. The van der Waals surface area contributed by atoms with Crippen LogP contribution in [0.25, 0.3) is 0 Å². The van der Waals surface area contributed by atoms with Crippen molar-refractivity contribution in [2.45, 2.75) is 38.6 Å². The molecule has 6 nitrogen and oxygen atoms in total. The summed E-state index contributed by atoms with van der Waals surface area (Å²) in [6.07, 6.45) is 4.32. The molecule has 1 aliphatic rings. The Balaban J connectivity index is 1.64. The standard InChI is InChI=1S/C24H28N2O4/c1-17-10-6-9-15-21(17)25-22(27)16-30-24(29)20-14-8-7-13-19(20)23(28)26(2)18-11-4-3-5-12-18/h3-5,7-8,11-14,17,21H,6,9-10,15-16H2,1-2H3,(H,25,27)/t17-,21-/m1/s1. The third kappa shape index (κ3) is 5.26. The Hall–Kier alpha value is -3.15. The van der Waals surface area contributed by atoms with Crippen molar-refractivity contribution in [3.05, 3.63) is 65.7 Å². The van der Waals surface area contributed by atoms with Gasteiger partial charge in [-0.1, -0.05) is 50.1 Å². The Kier molecular flexibility index (Phi) is 7.22. The summed E-state index contributed by atoms with van der Waals surface area (Å²) in [6.45, 7) is 1.76. The molecule has 1 fully saturated rings. The summed E-state index contributed by atoms with van der Waals surface area (Å²) in [4.78, 5) is 39.3. The first-order valence-electron chi connectivity index (χ1n) is 10.4. The maximum atomic E-state index is 12.9. The fourth-order valence-corrected chi connectivity index (χ4v) is 3.79. The van der Waals surface area contributed by atoms with Crippen molar-refractivity contribution < 1.29 is 19.1 Å². The summed E-state index contributed by atoms with van der Waals surface area (Å²) in [5.41, 5.74) is 1.09. The maximum Gasteiger partial charge on any atom is 0.339 e. The third-order valence-electron chi connectivity index (χ3n) is 5.62. The lowest BCUT2D eigenvalue weighted by Crippen LogP contribution is -2.43. The van der Waals surface area contributed by atoms with E-state index >= 15 is 0 Å². The minimum atomic E-state index is -0.688. The van der Waals surface area contributed by atoms with Gasteiger partial charge in [-0.15, -0.1) is 0 Å². The highest BCUT2D eigenvalue weighted by Gasteiger charge is 2.25. The molecule has 1 saturated carbocycles. The number of rotatable bonds is 6. The third-order valence-corrected chi connectivity index (χ3v) is 5.62. The Morgan fingerprint density at radius 3 is 2.30 bits per heavy atom. The van der Waals surface area contributed by atoms with Crippen LogP contribution >= 0.6 is 0 Å². The predicted octanol–water partition coefficient (Wildman–Crippen LogP) is 3.81. The zero-order chi connectivity index (χ0) is 21.5. The molecular weight excluding hydrogens is 380 g/mol. The SMILES string of the molecule is C[C@@H]1CCCC[C@H]1NC(=O)COC(=O)c1ccccc1C(=O)N(C)c1ccccc1. The summed E-state index contributed by atoms with van der Waals surface area (Å²) in [7, 11) is 1.65. The van der Waals surface area contributed by atoms with Gasteiger partial charge in [0.2, 0.25) is 0 Å². The van der Waals surface area contributed by atoms with E-state index in [2.05, 4.69) is 12.2 Å². The average molecular weight is 408 g/mol. The van der Waals surface area contributed by atoms with Crippen molar-refractivity contribution >= 4 is 23.5 Å². The number of nitrogens with zero attached hydrogens (tertiary/aromatic N) is 1. The van der Waals surface area contributed by atoms with Crippen LogP contribution in [0.15, 0.2) is 54.6 Å². The van der Waals surface area contributed by atoms with Crippen LogP contribution in [0.1, 0.15) is 53.3 Å². The van der Waals surface area contributed by atoms with Crippen LogP contribution in [-0.2, 0) is 9.53 Å². The fraction of sp³-hybridized carbons (Fsp3) is 0.375. The van der Waals surface area contributed by atoms with Crippen molar-refractivity contribution in [2.24, 2.45) is 5.92 Å². The second kappa shape index (κ2) is 10.1. The lowest BCUT2D eigenvalue weighted by molar-refractivity contribution is -0.125. The zero-order valence-electron chi connectivity index (χ0n) is 17.5. The Labute approximate surface area is 177 Å². The molecule has 30 heavy (non-hydrogen) atoms. The molecule has 0 aliphatic heterocycles. The van der Waals surface area contributed by atoms with E-state index in [1.165, 1.54) is 17.4 Å². The largest absolute Gasteiger partial charge is 0.452 e. The molecular formula is C24H28N2O4. The maximum absolute atomic E-state index is 12.9. The fourth-order valence-electron chi connectivity index (χ4n) is 3.79. The van der Waals surface area contributed by atoms with E-state index in [4.69, 9.17) is 4.74 Å². The number of esters is 1. The van der Waals surface area contributed by atoms with Crippen LogP contribution in [0.3, 0.4) is 0 Å². The first-order valence-corrected chi connectivity index (χ1v) is 10.4. The number of carbonyl (C=O) groups is 3. The highest BCUT2D eigenvalue weighted by molar-refractivity contribution is 6.12. The number of hydrogen-bond acceptors (Lipinski definition) is 4. The predicted molar refractivity (Wildman–Crippen MR) is 115 cm³/mol. The Bertz CT molecular complexity index is 897. The van der Waals surface area contributed by atoms with Crippen LogP contribution in [0.2, 0.25) is 0 Å². The van der Waals surface area contributed by atoms with Gasteiger partial charge < -0.3 is 15.0 Å². The number of benzene rings is 2. The minimum absolute atomic E-state index is 0.123. The first kappa shape index (κ1) is 21.6. The topological polar surface area (TPSA) is 75.7 Å². The van der Waals surface area contributed by atoms with Gasteiger partial charge in [-0.2, -0.15) is 0 Å². The number of hydrogen-bond donors (Lipinski definition) is 1. The van der Waals surface area contributed by atoms with Crippen molar-refractivity contribution in [2.75, 3.05) is 18.6 Å². The van der Waals surface area contributed by atoms with Crippen molar-refractivity contribution in [3.63, 3.8) is 0 Å². The van der Waals surface area contributed by atoms with Crippen molar-refractivity contribution in [1.82, 2.24) is 5.32 Å². The number of para-hydroxylation sites is 1. The highest BCUT2D eigenvalue weighted by Crippen LogP contribution is 2.23. The lowest BCUT2D eigenvalue weighted by atomic mass is 9.86. The number of ether oxygens (including phenoxy) is 1. The average Bonchev–Trinajstić information content (AvgIpc) is 2.78. The molecule has 2 aromatic rings. The number of anilines is 1. The van der Waals surface area contributed by atoms with Gasteiger partial charge in [0.25, 0.3) is 11.8 Å². The van der Waals surface area contributed by atoms with Crippen LogP contribution in [0.4, 0.5) is 5.69 Å². The lowest BCUT2D eigenvalue weighted by Gasteiger charge is -2.29. The van der Waals surface area contributed by atoms with Gasteiger partial charge >= 0.3 is 5.97 Å². The summed E-state index contributed by atoms with van der Waals surface area (Å²) < 4.78 is 5.22. The molecule has 2 aromatic carbocycles. The van der Waals surface area contributed by atoms with Gasteiger partial charge in [-0.3, -0.25) is 9.59 Å². The summed E-state index contributed by atoms with van der Waals surface area (Å²) in [5.74, 6) is -0.904. The van der Waals surface area contributed by atoms with Crippen molar-refractivity contribution in [1.29, 1.82) is 0 Å². The van der Waals surface area contributed by atoms with E-state index in [1.54, 1.807) is 25.2 Å². The smallest absolute Gasteiger partial charge is 0.339 e. The Morgan fingerprint density at radius 1 is 0.967 bits per heavy atom. The molecule has 0 heterocycles. The summed E-state index contributed by atoms with van der Waals surface area (Å²) in [6, 6.07) is 15.8. The first-order chi connectivity index (χ1) is 14.5. The second-order valence-corrected chi connectivity index (χ2v) is 7.76. The zero-order valence-corrected chi connectivity index (χ0v) is 17.5. The van der Waals surface area contributed by atoms with E-state index in [9.17, 15) is 14.4 Å². The van der Waals surface area contributed by atoms with Gasteiger partial charge in [0, 0.05) is 18.8 Å². The van der Waals surface area contributed by atoms with Gasteiger partial charge in [0.15, 0.2) is 6.61 Å². The molecule has 0 aromatic heterocycles. The molecule has 2 amide bonds. The summed E-state index contributed by atoms with van der Waals surface area (Å²) >= 11 is 0. The molecule has 158 valence electrons. The molecule has 0 unspecified atom stereocenters. The minimum Gasteiger partial charge on any atom is -0.452 e. The van der Waals surface area contributed by atoms with Gasteiger partial charge in [-0.25, -0.2) is 4.79 Å². The Morgan fingerprint density at radius 2 is 1.60 bits per heavy atom. The van der Waals surface area contributed by atoms with E-state index in [0.29, 0.717) is 11.6 Å². The molecule has 3 rings (SSSR count). The van der Waals surface area contributed by atoms with Crippen LogP contribution in [0, 0.1) is 5.92 Å².